The van der Waals surface area contributed by atoms with Gasteiger partial charge in [-0.25, -0.2) is 0 Å². The first kappa shape index (κ1) is 20.6. The number of fused-ring (bicyclic) bond motifs is 1. The number of piperidine rings is 1. The standard InChI is InChI=1S/C27H30N4O/c28-16-19-4-3-5-20(14-19)17-29-23-8-9-26-24(15-23)25(18-30-26)21-10-12-31(13-11-21)27(32)22-6-1-2-7-22/h3-5,8-9,14-15,18,21-22,29-30H,1-2,6-7,10-13,17H2. The summed E-state index contributed by atoms with van der Waals surface area (Å²) in [6.07, 6.45) is 8.80. The fourth-order valence-electron chi connectivity index (χ4n) is 5.39. The predicted molar refractivity (Wildman–Crippen MR) is 127 cm³/mol. The molecule has 1 saturated carbocycles. The normalized spacial score (nSPS) is 17.5. The molecule has 0 unspecified atom stereocenters. The maximum atomic E-state index is 12.8. The number of nitriles is 1. The summed E-state index contributed by atoms with van der Waals surface area (Å²) in [4.78, 5) is 18.3. The molecule has 1 amide bonds. The van der Waals surface area contributed by atoms with Gasteiger partial charge in [-0.2, -0.15) is 5.26 Å². The number of hydrogen-bond donors (Lipinski definition) is 2. The van der Waals surface area contributed by atoms with Crippen LogP contribution in [0.25, 0.3) is 10.9 Å². The molecule has 1 saturated heterocycles. The zero-order valence-corrected chi connectivity index (χ0v) is 18.4. The molecule has 1 aromatic heterocycles. The van der Waals surface area contributed by atoms with E-state index in [0.29, 0.717) is 23.9 Å². The molecule has 5 heteroatoms. The summed E-state index contributed by atoms with van der Waals surface area (Å²) in [5, 5.41) is 13.9. The van der Waals surface area contributed by atoms with Gasteiger partial charge in [-0.1, -0.05) is 25.0 Å². The number of aromatic amines is 1. The van der Waals surface area contributed by atoms with Crippen LogP contribution in [0.4, 0.5) is 5.69 Å². The molecule has 2 N–H and O–H groups in total. The molecule has 32 heavy (non-hydrogen) atoms. The van der Waals surface area contributed by atoms with Crippen LogP contribution in [-0.4, -0.2) is 28.9 Å². The molecule has 2 heterocycles. The lowest BCUT2D eigenvalue weighted by Crippen LogP contribution is -2.40. The number of hydrogen-bond acceptors (Lipinski definition) is 3. The van der Waals surface area contributed by atoms with Crippen molar-refractivity contribution in [1.82, 2.24) is 9.88 Å². The van der Waals surface area contributed by atoms with E-state index >= 15 is 0 Å². The number of aromatic nitrogens is 1. The summed E-state index contributed by atoms with van der Waals surface area (Å²) in [6.45, 7) is 2.43. The minimum absolute atomic E-state index is 0.280. The number of carbonyl (C=O) groups is 1. The summed E-state index contributed by atoms with van der Waals surface area (Å²) in [5.74, 6) is 1.16. The average Bonchev–Trinajstić information content (AvgIpc) is 3.53. The fourth-order valence-corrected chi connectivity index (χ4v) is 5.39. The Morgan fingerprint density at radius 3 is 2.69 bits per heavy atom. The van der Waals surface area contributed by atoms with Gasteiger partial charge in [0.05, 0.1) is 11.6 Å². The van der Waals surface area contributed by atoms with E-state index in [0.717, 1.165) is 55.5 Å². The molecule has 5 rings (SSSR count). The van der Waals surface area contributed by atoms with E-state index in [1.807, 2.05) is 24.3 Å². The van der Waals surface area contributed by atoms with E-state index in [9.17, 15) is 4.79 Å². The van der Waals surface area contributed by atoms with Crippen LogP contribution >= 0.6 is 0 Å². The van der Waals surface area contributed by atoms with Crippen LogP contribution in [0.15, 0.2) is 48.7 Å². The van der Waals surface area contributed by atoms with Crippen LogP contribution < -0.4 is 5.32 Å². The third-order valence-electron chi connectivity index (χ3n) is 7.22. The van der Waals surface area contributed by atoms with Gasteiger partial charge >= 0.3 is 0 Å². The maximum Gasteiger partial charge on any atom is 0.225 e. The van der Waals surface area contributed by atoms with Crippen LogP contribution in [0.3, 0.4) is 0 Å². The third kappa shape index (κ3) is 4.23. The van der Waals surface area contributed by atoms with Gasteiger partial charge in [0.2, 0.25) is 5.91 Å². The highest BCUT2D eigenvalue weighted by Crippen LogP contribution is 2.35. The van der Waals surface area contributed by atoms with Crippen molar-refractivity contribution in [2.24, 2.45) is 5.92 Å². The molecule has 5 nitrogen and oxygen atoms in total. The second-order valence-electron chi connectivity index (χ2n) is 9.25. The molecular weight excluding hydrogens is 396 g/mol. The summed E-state index contributed by atoms with van der Waals surface area (Å²) < 4.78 is 0. The molecule has 0 radical (unpaired) electrons. The molecule has 3 aromatic rings. The summed E-state index contributed by atoms with van der Waals surface area (Å²) in [5.41, 5.74) is 5.38. The Morgan fingerprint density at radius 1 is 1.09 bits per heavy atom. The number of likely N-dealkylation sites (tertiary alicyclic amines) is 1. The number of benzene rings is 2. The van der Waals surface area contributed by atoms with Gasteiger partial charge in [-0.05, 0) is 73.1 Å². The lowest BCUT2D eigenvalue weighted by Gasteiger charge is -2.33. The second kappa shape index (κ2) is 9.08. The van der Waals surface area contributed by atoms with Crippen molar-refractivity contribution in [1.29, 1.82) is 5.26 Å². The van der Waals surface area contributed by atoms with Crippen LogP contribution in [0.1, 0.15) is 61.1 Å². The van der Waals surface area contributed by atoms with E-state index < -0.39 is 0 Å². The number of carbonyl (C=O) groups excluding carboxylic acids is 1. The maximum absolute atomic E-state index is 12.8. The van der Waals surface area contributed by atoms with Crippen LogP contribution in [-0.2, 0) is 11.3 Å². The van der Waals surface area contributed by atoms with Crippen molar-refractivity contribution in [3.8, 4) is 6.07 Å². The number of H-pyrrole nitrogens is 1. The van der Waals surface area contributed by atoms with Crippen LogP contribution in [0.2, 0.25) is 0 Å². The Hall–Kier alpha value is -3.26. The van der Waals surface area contributed by atoms with E-state index in [4.69, 9.17) is 5.26 Å². The molecule has 0 bridgehead atoms. The Bertz CT molecular complexity index is 1140. The molecule has 164 valence electrons. The predicted octanol–water partition coefficient (Wildman–Crippen LogP) is 5.55. The topological polar surface area (TPSA) is 71.9 Å². The molecule has 0 atom stereocenters. The SMILES string of the molecule is N#Cc1cccc(CNc2ccc3[nH]cc(C4CCN(C(=O)C5CCCC5)CC4)c3c2)c1. The smallest absolute Gasteiger partial charge is 0.225 e. The average molecular weight is 427 g/mol. The number of amides is 1. The van der Waals surface area contributed by atoms with Gasteiger partial charge in [-0.3, -0.25) is 4.79 Å². The number of anilines is 1. The first-order valence-corrected chi connectivity index (χ1v) is 11.8. The second-order valence-corrected chi connectivity index (χ2v) is 9.25. The molecule has 2 aliphatic rings. The van der Waals surface area contributed by atoms with Gasteiger partial charge in [-0.15, -0.1) is 0 Å². The first-order chi connectivity index (χ1) is 15.7. The van der Waals surface area contributed by atoms with Crippen LogP contribution in [0, 0.1) is 17.2 Å². The van der Waals surface area contributed by atoms with E-state index in [-0.39, 0.29) is 5.92 Å². The van der Waals surface area contributed by atoms with E-state index in [1.54, 1.807) is 0 Å². The van der Waals surface area contributed by atoms with Crippen molar-refractivity contribution in [2.45, 2.75) is 51.0 Å². The third-order valence-corrected chi connectivity index (χ3v) is 7.22. The highest BCUT2D eigenvalue weighted by molar-refractivity contribution is 5.87. The molecule has 2 fully saturated rings. The zero-order chi connectivity index (χ0) is 21.9. The lowest BCUT2D eigenvalue weighted by molar-refractivity contribution is -0.136. The Morgan fingerprint density at radius 2 is 1.91 bits per heavy atom. The lowest BCUT2D eigenvalue weighted by atomic mass is 9.88. The molecular formula is C27H30N4O. The van der Waals surface area contributed by atoms with Crippen molar-refractivity contribution >= 4 is 22.5 Å². The van der Waals surface area contributed by atoms with Crippen molar-refractivity contribution in [3.63, 3.8) is 0 Å². The molecule has 2 aromatic carbocycles. The molecule has 1 aliphatic heterocycles. The number of rotatable bonds is 5. The number of nitrogens with one attached hydrogen (secondary N) is 2. The van der Waals surface area contributed by atoms with E-state index in [1.165, 1.54) is 23.8 Å². The molecule has 0 spiro atoms. The van der Waals surface area contributed by atoms with Gasteiger partial charge in [0.1, 0.15) is 0 Å². The minimum atomic E-state index is 0.280. The van der Waals surface area contributed by atoms with Crippen molar-refractivity contribution in [3.05, 3.63) is 65.4 Å². The Labute approximate surface area is 189 Å². The monoisotopic (exact) mass is 426 g/mol. The van der Waals surface area contributed by atoms with E-state index in [2.05, 4.69) is 45.7 Å². The highest BCUT2D eigenvalue weighted by Gasteiger charge is 2.31. The fraction of sp³-hybridized carbons (Fsp3) is 0.407. The van der Waals surface area contributed by atoms with Gasteiger partial charge < -0.3 is 15.2 Å². The quantitative estimate of drug-likeness (QED) is 0.562. The number of nitrogens with zero attached hydrogens (tertiary/aromatic N) is 2. The summed E-state index contributed by atoms with van der Waals surface area (Å²) in [6, 6.07) is 16.4. The summed E-state index contributed by atoms with van der Waals surface area (Å²) >= 11 is 0. The first-order valence-electron chi connectivity index (χ1n) is 11.8. The van der Waals surface area contributed by atoms with Gasteiger partial charge in [0.25, 0.3) is 0 Å². The summed E-state index contributed by atoms with van der Waals surface area (Å²) in [7, 11) is 0. The zero-order valence-electron chi connectivity index (χ0n) is 18.4. The van der Waals surface area contributed by atoms with Crippen LogP contribution in [0.5, 0.6) is 0 Å². The van der Waals surface area contributed by atoms with Gasteiger partial charge in [0, 0.05) is 48.3 Å². The van der Waals surface area contributed by atoms with Gasteiger partial charge in [0.15, 0.2) is 0 Å². The largest absolute Gasteiger partial charge is 0.381 e. The Kier molecular flexibility index (Phi) is 5.85. The Balaban J connectivity index is 1.26. The minimum Gasteiger partial charge on any atom is -0.381 e. The van der Waals surface area contributed by atoms with Crippen molar-refractivity contribution < 1.29 is 4.79 Å². The highest BCUT2D eigenvalue weighted by atomic mass is 16.2. The van der Waals surface area contributed by atoms with Crippen molar-refractivity contribution in [2.75, 3.05) is 18.4 Å². The molecule has 1 aliphatic carbocycles.